The van der Waals surface area contributed by atoms with Gasteiger partial charge in [0.25, 0.3) is 10.0 Å². The molecule has 0 bridgehead atoms. The third kappa shape index (κ3) is 6.37. The Bertz CT molecular complexity index is 1330. The van der Waals surface area contributed by atoms with Gasteiger partial charge in [0.1, 0.15) is 12.6 Å². The summed E-state index contributed by atoms with van der Waals surface area (Å²) >= 11 is 12.2. The molecule has 0 radical (unpaired) electrons. The molecular weight excluding hydrogens is 521 g/mol. The second kappa shape index (κ2) is 11.8. The lowest BCUT2D eigenvalue weighted by molar-refractivity contribution is -0.139. The predicted molar refractivity (Wildman–Crippen MR) is 143 cm³/mol. The standard InChI is InChI=1S/C26H27Cl2N3O4S/c1-18-9-12-21(13-10-18)31(36(34,35)22-7-5-4-6-8-22)17-25(32)30(19(2)26(33)29-3)16-20-11-14-23(27)24(28)15-20/h4-15,19H,16-17H2,1-3H3,(H,29,33)/t19-/m0/s1. The minimum atomic E-state index is -4.09. The van der Waals surface area contributed by atoms with Crippen molar-refractivity contribution in [3.05, 3.63) is 94.0 Å². The van der Waals surface area contributed by atoms with Crippen LogP contribution in [0.5, 0.6) is 0 Å². The molecule has 0 aliphatic heterocycles. The molecule has 0 heterocycles. The molecule has 10 heteroatoms. The maximum absolute atomic E-state index is 13.7. The van der Waals surface area contributed by atoms with E-state index in [1.807, 2.05) is 6.92 Å². The summed E-state index contributed by atoms with van der Waals surface area (Å²) in [7, 11) is -2.61. The number of halogens is 2. The predicted octanol–water partition coefficient (Wildman–Crippen LogP) is 4.66. The summed E-state index contributed by atoms with van der Waals surface area (Å²) in [6.45, 7) is 2.98. The molecule has 3 aromatic carbocycles. The van der Waals surface area contributed by atoms with Gasteiger partial charge in [-0.05, 0) is 55.8 Å². The molecule has 1 atom stereocenters. The molecule has 1 N–H and O–H groups in total. The molecule has 0 unspecified atom stereocenters. The Kier molecular flexibility index (Phi) is 9.00. The van der Waals surface area contributed by atoms with Gasteiger partial charge in [0.2, 0.25) is 11.8 Å². The van der Waals surface area contributed by atoms with Crippen LogP contribution < -0.4 is 9.62 Å². The first kappa shape index (κ1) is 27.5. The summed E-state index contributed by atoms with van der Waals surface area (Å²) < 4.78 is 28.3. The maximum atomic E-state index is 13.7. The highest BCUT2D eigenvalue weighted by atomic mass is 35.5. The van der Waals surface area contributed by atoms with Crippen molar-refractivity contribution in [1.82, 2.24) is 10.2 Å². The van der Waals surface area contributed by atoms with Crippen LogP contribution in [0.25, 0.3) is 0 Å². The molecule has 0 spiro atoms. The quantitative estimate of drug-likeness (QED) is 0.422. The van der Waals surface area contributed by atoms with Crippen LogP contribution in [0.3, 0.4) is 0 Å². The normalized spacial score (nSPS) is 12.0. The molecule has 3 aromatic rings. The van der Waals surface area contributed by atoms with Gasteiger partial charge >= 0.3 is 0 Å². The van der Waals surface area contributed by atoms with Crippen LogP contribution in [-0.4, -0.2) is 44.8 Å². The number of hydrogen-bond donors (Lipinski definition) is 1. The zero-order valence-corrected chi connectivity index (χ0v) is 22.4. The number of hydrogen-bond acceptors (Lipinski definition) is 4. The van der Waals surface area contributed by atoms with Crippen LogP contribution in [0.4, 0.5) is 5.69 Å². The van der Waals surface area contributed by atoms with Crippen molar-refractivity contribution in [3.63, 3.8) is 0 Å². The summed E-state index contributed by atoms with van der Waals surface area (Å²) in [4.78, 5) is 27.5. The molecule has 0 fully saturated rings. The maximum Gasteiger partial charge on any atom is 0.264 e. The number of rotatable bonds is 9. The molecule has 0 saturated heterocycles. The van der Waals surface area contributed by atoms with Gasteiger partial charge < -0.3 is 10.2 Å². The Labute approximate surface area is 221 Å². The molecule has 0 saturated carbocycles. The van der Waals surface area contributed by atoms with Crippen molar-refractivity contribution in [2.24, 2.45) is 0 Å². The van der Waals surface area contributed by atoms with E-state index >= 15 is 0 Å². The molecule has 190 valence electrons. The van der Waals surface area contributed by atoms with Gasteiger partial charge in [0, 0.05) is 13.6 Å². The first-order valence-corrected chi connectivity index (χ1v) is 13.3. The van der Waals surface area contributed by atoms with Crippen molar-refractivity contribution < 1.29 is 18.0 Å². The van der Waals surface area contributed by atoms with Crippen LogP contribution in [0, 0.1) is 6.92 Å². The average Bonchev–Trinajstić information content (AvgIpc) is 2.88. The van der Waals surface area contributed by atoms with Gasteiger partial charge in [0.05, 0.1) is 20.6 Å². The topological polar surface area (TPSA) is 86.8 Å². The Morgan fingerprint density at radius 3 is 2.17 bits per heavy atom. The molecular formula is C26H27Cl2N3O4S. The van der Waals surface area contributed by atoms with E-state index in [1.165, 1.54) is 24.1 Å². The Balaban J connectivity index is 2.02. The molecule has 0 aliphatic rings. The Hall–Kier alpha value is -3.07. The van der Waals surface area contributed by atoms with E-state index in [1.54, 1.807) is 67.6 Å². The smallest absolute Gasteiger partial charge is 0.264 e. The van der Waals surface area contributed by atoms with E-state index in [4.69, 9.17) is 23.2 Å². The van der Waals surface area contributed by atoms with E-state index in [0.29, 0.717) is 21.3 Å². The van der Waals surface area contributed by atoms with E-state index in [9.17, 15) is 18.0 Å². The molecule has 0 aliphatic carbocycles. The number of likely N-dealkylation sites (N-methyl/N-ethyl adjacent to an activating group) is 1. The van der Waals surface area contributed by atoms with Crippen LogP contribution in [-0.2, 0) is 26.2 Å². The number of carbonyl (C=O) groups is 2. The Morgan fingerprint density at radius 1 is 0.944 bits per heavy atom. The number of benzene rings is 3. The Morgan fingerprint density at radius 2 is 1.58 bits per heavy atom. The lowest BCUT2D eigenvalue weighted by Gasteiger charge is -2.31. The fourth-order valence-electron chi connectivity index (χ4n) is 3.59. The minimum Gasteiger partial charge on any atom is -0.357 e. The van der Waals surface area contributed by atoms with Gasteiger partial charge in [-0.3, -0.25) is 13.9 Å². The number of nitrogens with one attached hydrogen (secondary N) is 1. The van der Waals surface area contributed by atoms with Crippen LogP contribution in [0.15, 0.2) is 77.7 Å². The number of carbonyl (C=O) groups excluding carboxylic acids is 2. The van der Waals surface area contributed by atoms with Crippen molar-refractivity contribution in [3.8, 4) is 0 Å². The zero-order chi connectivity index (χ0) is 26.5. The SMILES string of the molecule is CNC(=O)[C@H](C)N(Cc1ccc(Cl)c(Cl)c1)C(=O)CN(c1ccc(C)cc1)S(=O)(=O)c1ccccc1. The third-order valence-electron chi connectivity index (χ3n) is 5.68. The highest BCUT2D eigenvalue weighted by molar-refractivity contribution is 7.92. The second-order valence-electron chi connectivity index (χ2n) is 8.22. The van der Waals surface area contributed by atoms with Crippen LogP contribution in [0.2, 0.25) is 10.0 Å². The first-order chi connectivity index (χ1) is 17.0. The molecule has 7 nitrogen and oxygen atoms in total. The molecule has 3 rings (SSSR count). The summed E-state index contributed by atoms with van der Waals surface area (Å²) in [6, 6.07) is 18.8. The molecule has 36 heavy (non-hydrogen) atoms. The van der Waals surface area contributed by atoms with Crippen molar-refractivity contribution in [2.45, 2.75) is 31.3 Å². The second-order valence-corrected chi connectivity index (χ2v) is 10.9. The lowest BCUT2D eigenvalue weighted by Crippen LogP contribution is -2.50. The average molecular weight is 548 g/mol. The van der Waals surface area contributed by atoms with E-state index in [-0.39, 0.29) is 11.4 Å². The highest BCUT2D eigenvalue weighted by Crippen LogP contribution is 2.26. The molecule has 0 aromatic heterocycles. The molecule has 2 amide bonds. The number of sulfonamides is 1. The monoisotopic (exact) mass is 547 g/mol. The van der Waals surface area contributed by atoms with E-state index in [2.05, 4.69) is 5.32 Å². The largest absolute Gasteiger partial charge is 0.357 e. The third-order valence-corrected chi connectivity index (χ3v) is 8.21. The number of aryl methyl sites for hydroxylation is 1. The fraction of sp³-hybridized carbons (Fsp3) is 0.231. The van der Waals surface area contributed by atoms with Gasteiger partial charge in [-0.1, -0.05) is 65.2 Å². The van der Waals surface area contributed by atoms with Crippen LogP contribution >= 0.6 is 23.2 Å². The van der Waals surface area contributed by atoms with E-state index in [0.717, 1.165) is 9.87 Å². The summed E-state index contributed by atoms with van der Waals surface area (Å²) in [5.74, 6) is -0.950. The lowest BCUT2D eigenvalue weighted by atomic mass is 10.1. The number of amides is 2. The van der Waals surface area contributed by atoms with Crippen molar-refractivity contribution in [2.75, 3.05) is 17.9 Å². The van der Waals surface area contributed by atoms with Gasteiger partial charge in [-0.2, -0.15) is 0 Å². The number of nitrogens with zero attached hydrogens (tertiary/aromatic N) is 2. The number of anilines is 1. The van der Waals surface area contributed by atoms with Gasteiger partial charge in [-0.25, -0.2) is 8.42 Å². The summed E-state index contributed by atoms with van der Waals surface area (Å²) in [5.41, 5.74) is 1.91. The van der Waals surface area contributed by atoms with Crippen LogP contribution in [0.1, 0.15) is 18.1 Å². The first-order valence-electron chi connectivity index (χ1n) is 11.1. The summed E-state index contributed by atoms with van der Waals surface area (Å²) in [6.07, 6.45) is 0. The van der Waals surface area contributed by atoms with Crippen molar-refractivity contribution in [1.29, 1.82) is 0 Å². The summed E-state index contributed by atoms with van der Waals surface area (Å²) in [5, 5.41) is 3.21. The van der Waals surface area contributed by atoms with Gasteiger partial charge in [0.15, 0.2) is 0 Å². The minimum absolute atomic E-state index is 0.0252. The van der Waals surface area contributed by atoms with Gasteiger partial charge in [-0.15, -0.1) is 0 Å². The van der Waals surface area contributed by atoms with Crippen molar-refractivity contribution >= 4 is 50.7 Å². The van der Waals surface area contributed by atoms with E-state index < -0.39 is 34.4 Å². The fourth-order valence-corrected chi connectivity index (χ4v) is 5.34. The zero-order valence-electron chi connectivity index (χ0n) is 20.1. The highest BCUT2D eigenvalue weighted by Gasteiger charge is 2.32.